The molecule has 1 atom stereocenters. The van der Waals surface area contributed by atoms with Crippen molar-refractivity contribution in [3.05, 3.63) is 114 Å². The van der Waals surface area contributed by atoms with Gasteiger partial charge in [-0.25, -0.2) is 9.37 Å². The molecule has 8 heteroatoms. The fourth-order valence-electron chi connectivity index (χ4n) is 3.93. The summed E-state index contributed by atoms with van der Waals surface area (Å²) in [5, 5.41) is 2.83. The van der Waals surface area contributed by atoms with Crippen molar-refractivity contribution in [3.8, 4) is 5.75 Å². The minimum absolute atomic E-state index is 0.0780. The van der Waals surface area contributed by atoms with E-state index in [1.54, 1.807) is 30.3 Å². The predicted octanol–water partition coefficient (Wildman–Crippen LogP) is 5.66. The molecule has 0 saturated carbocycles. The van der Waals surface area contributed by atoms with E-state index in [9.17, 15) is 14.0 Å². The van der Waals surface area contributed by atoms with E-state index in [2.05, 4.69) is 15.3 Å². The lowest BCUT2D eigenvalue weighted by Crippen LogP contribution is -2.42. The second kappa shape index (κ2) is 11.4. The quantitative estimate of drug-likeness (QED) is 0.339. The van der Waals surface area contributed by atoms with Gasteiger partial charge in [0.25, 0.3) is 11.8 Å². The molecule has 0 aliphatic heterocycles. The highest BCUT2D eigenvalue weighted by atomic mass is 19.1. The van der Waals surface area contributed by atoms with Crippen LogP contribution in [0.5, 0.6) is 5.75 Å². The molecule has 37 heavy (non-hydrogen) atoms. The number of amides is 2. The van der Waals surface area contributed by atoms with Crippen LogP contribution in [0.1, 0.15) is 40.1 Å². The van der Waals surface area contributed by atoms with Gasteiger partial charge in [-0.15, -0.1) is 0 Å². The van der Waals surface area contributed by atoms with Crippen molar-refractivity contribution in [2.24, 2.45) is 0 Å². The van der Waals surface area contributed by atoms with E-state index in [0.717, 1.165) is 11.1 Å². The van der Waals surface area contributed by atoms with Crippen LogP contribution in [0.4, 0.5) is 15.8 Å². The van der Waals surface area contributed by atoms with E-state index in [1.807, 2.05) is 32.9 Å². The summed E-state index contributed by atoms with van der Waals surface area (Å²) in [6, 6.07) is 16.9. The molecule has 1 heterocycles. The summed E-state index contributed by atoms with van der Waals surface area (Å²) in [6.07, 6.45) is 4.26. The van der Waals surface area contributed by atoms with Crippen LogP contribution < -0.4 is 15.0 Å². The van der Waals surface area contributed by atoms with Crippen molar-refractivity contribution in [1.29, 1.82) is 0 Å². The van der Waals surface area contributed by atoms with Gasteiger partial charge in [0.05, 0.1) is 12.8 Å². The number of para-hydroxylation sites is 1. The lowest BCUT2D eigenvalue weighted by atomic mass is 10.00. The molecule has 1 N–H and O–H groups in total. The molecule has 1 unspecified atom stereocenters. The van der Waals surface area contributed by atoms with Crippen molar-refractivity contribution in [1.82, 2.24) is 9.97 Å². The van der Waals surface area contributed by atoms with Crippen LogP contribution in [0.15, 0.2) is 85.3 Å². The summed E-state index contributed by atoms with van der Waals surface area (Å²) in [7, 11) is 0. The summed E-state index contributed by atoms with van der Waals surface area (Å²) in [5.41, 5.74) is 3.44. The Morgan fingerprint density at radius 3 is 2.43 bits per heavy atom. The third-order valence-electron chi connectivity index (χ3n) is 5.90. The molecule has 3 aromatic carbocycles. The van der Waals surface area contributed by atoms with Crippen LogP contribution in [0.2, 0.25) is 0 Å². The van der Waals surface area contributed by atoms with Gasteiger partial charge in [0.1, 0.15) is 23.3 Å². The summed E-state index contributed by atoms with van der Waals surface area (Å²) in [6.45, 7) is 6.11. The molecule has 0 saturated heterocycles. The number of carbonyl (C=O) groups is 2. The van der Waals surface area contributed by atoms with E-state index in [0.29, 0.717) is 29.3 Å². The second-order valence-corrected chi connectivity index (χ2v) is 8.40. The normalized spacial score (nSPS) is 11.5. The average molecular weight is 499 g/mol. The number of ether oxygens (including phenoxy) is 1. The van der Waals surface area contributed by atoms with Crippen LogP contribution in [-0.2, 0) is 4.79 Å². The van der Waals surface area contributed by atoms with Gasteiger partial charge in [0.2, 0.25) is 0 Å². The third-order valence-corrected chi connectivity index (χ3v) is 5.90. The van der Waals surface area contributed by atoms with Gasteiger partial charge < -0.3 is 10.1 Å². The number of hydrogen-bond acceptors (Lipinski definition) is 5. The highest BCUT2D eigenvalue weighted by molar-refractivity contribution is 6.11. The topological polar surface area (TPSA) is 84.4 Å². The Labute approximate surface area is 215 Å². The van der Waals surface area contributed by atoms with Crippen LogP contribution >= 0.6 is 0 Å². The standard InChI is InChI=1S/C29H27FN4O3/c1-4-37-26-8-6-5-7-24(26)27(28(35)33-22-12-10-21(30)11-13-22)34(23-14-9-19(2)20(3)17-23)29(36)25-18-31-15-16-32-25/h5-18,27H,4H2,1-3H3,(H,33,35). The lowest BCUT2D eigenvalue weighted by molar-refractivity contribution is -0.117. The number of halogens is 1. The molecule has 0 spiro atoms. The first-order valence-corrected chi connectivity index (χ1v) is 11.8. The van der Waals surface area contributed by atoms with Gasteiger partial charge in [-0.1, -0.05) is 24.3 Å². The predicted molar refractivity (Wildman–Crippen MR) is 140 cm³/mol. The number of anilines is 2. The first kappa shape index (κ1) is 25.5. The Morgan fingerprint density at radius 1 is 1.00 bits per heavy atom. The van der Waals surface area contributed by atoms with Crippen molar-refractivity contribution >= 4 is 23.2 Å². The molecule has 1 aromatic heterocycles. The molecule has 0 aliphatic carbocycles. The maximum Gasteiger partial charge on any atom is 0.279 e. The molecule has 0 aliphatic rings. The van der Waals surface area contributed by atoms with E-state index < -0.39 is 23.7 Å². The number of carbonyl (C=O) groups excluding carboxylic acids is 2. The van der Waals surface area contributed by atoms with E-state index in [4.69, 9.17) is 4.74 Å². The molecule has 188 valence electrons. The van der Waals surface area contributed by atoms with Gasteiger partial charge in [-0.2, -0.15) is 0 Å². The lowest BCUT2D eigenvalue weighted by Gasteiger charge is -2.32. The molecular formula is C29H27FN4O3. The van der Waals surface area contributed by atoms with Crippen LogP contribution in [0.3, 0.4) is 0 Å². The average Bonchev–Trinajstić information content (AvgIpc) is 2.91. The third kappa shape index (κ3) is 5.81. The first-order chi connectivity index (χ1) is 17.9. The summed E-state index contributed by atoms with van der Waals surface area (Å²) in [5.74, 6) is -0.980. The number of rotatable bonds is 8. The number of hydrogen-bond donors (Lipinski definition) is 1. The Balaban J connectivity index is 1.91. The number of aromatic nitrogens is 2. The summed E-state index contributed by atoms with van der Waals surface area (Å²) >= 11 is 0. The largest absolute Gasteiger partial charge is 0.493 e. The van der Waals surface area contributed by atoms with Gasteiger partial charge in [-0.05, 0) is 74.4 Å². The SMILES string of the molecule is CCOc1ccccc1C(C(=O)Nc1ccc(F)cc1)N(C(=O)c1cnccn1)c1ccc(C)c(C)c1. The summed E-state index contributed by atoms with van der Waals surface area (Å²) < 4.78 is 19.4. The molecule has 2 amide bonds. The Kier molecular flexibility index (Phi) is 7.88. The Hall–Kier alpha value is -4.59. The highest BCUT2D eigenvalue weighted by Gasteiger charge is 2.36. The monoisotopic (exact) mass is 498 g/mol. The van der Waals surface area contributed by atoms with Crippen LogP contribution in [0.25, 0.3) is 0 Å². The van der Waals surface area contributed by atoms with E-state index >= 15 is 0 Å². The minimum Gasteiger partial charge on any atom is -0.493 e. The van der Waals surface area contributed by atoms with Gasteiger partial charge in [0.15, 0.2) is 0 Å². The molecule has 4 rings (SSSR count). The van der Waals surface area contributed by atoms with E-state index in [-0.39, 0.29) is 5.69 Å². The molecular weight excluding hydrogens is 471 g/mol. The van der Waals surface area contributed by atoms with Crippen LogP contribution in [0, 0.1) is 19.7 Å². The maximum atomic E-state index is 14.0. The highest BCUT2D eigenvalue weighted by Crippen LogP contribution is 2.36. The van der Waals surface area contributed by atoms with Crippen molar-refractivity contribution < 1.29 is 18.7 Å². The minimum atomic E-state index is -1.15. The van der Waals surface area contributed by atoms with Crippen LogP contribution in [-0.4, -0.2) is 28.4 Å². The maximum absolute atomic E-state index is 14.0. The smallest absolute Gasteiger partial charge is 0.279 e. The van der Waals surface area contributed by atoms with Crippen molar-refractivity contribution in [2.75, 3.05) is 16.8 Å². The zero-order valence-electron chi connectivity index (χ0n) is 20.8. The van der Waals surface area contributed by atoms with Gasteiger partial charge >= 0.3 is 0 Å². The number of benzene rings is 3. The second-order valence-electron chi connectivity index (χ2n) is 8.40. The zero-order valence-corrected chi connectivity index (χ0v) is 20.8. The fraction of sp³-hybridized carbons (Fsp3) is 0.172. The summed E-state index contributed by atoms with van der Waals surface area (Å²) in [4.78, 5) is 37.6. The fourth-order valence-corrected chi connectivity index (χ4v) is 3.93. The van der Waals surface area contributed by atoms with Crippen molar-refractivity contribution in [3.63, 3.8) is 0 Å². The molecule has 0 fully saturated rings. The number of nitrogens with zero attached hydrogens (tertiary/aromatic N) is 3. The molecule has 7 nitrogen and oxygen atoms in total. The molecule has 4 aromatic rings. The Bertz CT molecular complexity index is 1390. The zero-order chi connectivity index (χ0) is 26.4. The molecule has 0 radical (unpaired) electrons. The first-order valence-electron chi connectivity index (χ1n) is 11.8. The van der Waals surface area contributed by atoms with E-state index in [1.165, 1.54) is 47.8 Å². The van der Waals surface area contributed by atoms with Crippen molar-refractivity contribution in [2.45, 2.75) is 26.8 Å². The van der Waals surface area contributed by atoms with Gasteiger partial charge in [-0.3, -0.25) is 19.5 Å². The number of nitrogens with one attached hydrogen (secondary N) is 1. The van der Waals surface area contributed by atoms with Gasteiger partial charge in [0, 0.05) is 29.3 Å². The molecule has 0 bridgehead atoms. The Morgan fingerprint density at radius 2 is 1.76 bits per heavy atom. The number of aryl methyl sites for hydroxylation is 2.